The molecule has 6 heteroatoms. The number of amides is 2. The van der Waals surface area contributed by atoms with Gasteiger partial charge in [0, 0.05) is 38.1 Å². The van der Waals surface area contributed by atoms with Gasteiger partial charge in [-0.15, -0.1) is 0 Å². The van der Waals surface area contributed by atoms with Crippen LogP contribution in [0.15, 0.2) is 42.6 Å². The van der Waals surface area contributed by atoms with Crippen LogP contribution in [0.4, 0.5) is 5.69 Å². The minimum Gasteiger partial charge on any atom is -0.340 e. The molecule has 0 aliphatic carbocycles. The van der Waals surface area contributed by atoms with E-state index in [9.17, 15) is 9.59 Å². The third-order valence-electron chi connectivity index (χ3n) is 5.74. The highest BCUT2D eigenvalue weighted by atomic mass is 16.2. The van der Waals surface area contributed by atoms with Gasteiger partial charge in [0.25, 0.3) is 5.91 Å². The molecular weight excluding hydrogens is 352 g/mol. The quantitative estimate of drug-likeness (QED) is 0.821. The van der Waals surface area contributed by atoms with Crippen molar-refractivity contribution < 1.29 is 9.59 Å². The molecule has 2 amide bonds. The van der Waals surface area contributed by atoms with Gasteiger partial charge in [-0.05, 0) is 43.3 Å². The first kappa shape index (κ1) is 18.6. The highest BCUT2D eigenvalue weighted by Crippen LogP contribution is 2.38. The Labute approximate surface area is 165 Å². The second kappa shape index (κ2) is 7.72. The predicted molar refractivity (Wildman–Crippen MR) is 108 cm³/mol. The Balaban J connectivity index is 1.60. The van der Waals surface area contributed by atoms with Crippen LogP contribution in [0.3, 0.4) is 0 Å². The van der Waals surface area contributed by atoms with Crippen molar-refractivity contribution in [1.29, 1.82) is 0 Å². The van der Waals surface area contributed by atoms with Crippen molar-refractivity contribution in [3.8, 4) is 0 Å². The monoisotopic (exact) mass is 378 g/mol. The molecular formula is C22H26N4O2. The number of likely N-dealkylation sites (N-methyl/N-ethyl adjacent to an activating group) is 1. The summed E-state index contributed by atoms with van der Waals surface area (Å²) in [4.78, 5) is 36.6. The minimum absolute atomic E-state index is 0.0812. The predicted octanol–water partition coefficient (Wildman–Crippen LogP) is 2.65. The Kier molecular flexibility index (Phi) is 5.13. The molecule has 2 aliphatic rings. The van der Waals surface area contributed by atoms with E-state index in [1.165, 1.54) is 0 Å². The van der Waals surface area contributed by atoms with Crippen molar-refractivity contribution in [3.05, 3.63) is 59.4 Å². The molecule has 1 atom stereocenters. The summed E-state index contributed by atoms with van der Waals surface area (Å²) in [6.07, 6.45) is 1.96. The topological polar surface area (TPSA) is 56.8 Å². The Morgan fingerprint density at radius 1 is 1.14 bits per heavy atom. The lowest BCUT2D eigenvalue weighted by atomic mass is 10.1. The number of hydrogen-bond donors (Lipinski definition) is 0. The lowest BCUT2D eigenvalue weighted by Crippen LogP contribution is -2.49. The first-order chi connectivity index (χ1) is 13.6. The van der Waals surface area contributed by atoms with Crippen LogP contribution in [-0.2, 0) is 4.79 Å². The fraction of sp³-hybridized carbons (Fsp3) is 0.409. The zero-order chi connectivity index (χ0) is 19.7. The maximum absolute atomic E-state index is 13.1. The summed E-state index contributed by atoms with van der Waals surface area (Å²) in [5.41, 5.74) is 3.19. The van der Waals surface area contributed by atoms with Gasteiger partial charge in [-0.25, -0.2) is 0 Å². The molecule has 4 rings (SSSR count). The number of fused-ring (bicyclic) bond motifs is 1. The van der Waals surface area contributed by atoms with Gasteiger partial charge in [0.05, 0.1) is 23.7 Å². The van der Waals surface area contributed by atoms with E-state index in [1.807, 2.05) is 36.1 Å². The average Bonchev–Trinajstić information content (AvgIpc) is 3.00. The summed E-state index contributed by atoms with van der Waals surface area (Å²) in [5.74, 6) is 0.00649. The number of aryl methyl sites for hydroxylation is 1. The SMILES string of the molecule is CCN1CCN(C(=O)C[C@H]2c3ncccc3C(=O)N2c2cccc(C)c2)CC1. The van der Waals surface area contributed by atoms with E-state index in [2.05, 4.69) is 16.8 Å². The second-order valence-electron chi connectivity index (χ2n) is 7.49. The molecule has 1 aromatic carbocycles. The summed E-state index contributed by atoms with van der Waals surface area (Å²) in [6.45, 7) is 8.45. The number of anilines is 1. The molecule has 1 fully saturated rings. The summed E-state index contributed by atoms with van der Waals surface area (Å²) < 4.78 is 0. The van der Waals surface area contributed by atoms with Crippen molar-refractivity contribution in [3.63, 3.8) is 0 Å². The number of aromatic nitrogens is 1. The standard InChI is InChI=1S/C22H26N4O2/c1-3-24-10-12-25(13-11-24)20(27)15-19-21-18(8-5-9-23-21)22(28)26(19)17-7-4-6-16(2)14-17/h4-9,14,19H,3,10-13,15H2,1-2H3/t19-/m0/s1. The van der Waals surface area contributed by atoms with E-state index in [0.29, 0.717) is 11.3 Å². The Morgan fingerprint density at radius 2 is 1.93 bits per heavy atom. The molecule has 0 radical (unpaired) electrons. The second-order valence-corrected chi connectivity index (χ2v) is 7.49. The molecule has 3 heterocycles. The van der Waals surface area contributed by atoms with E-state index < -0.39 is 0 Å². The summed E-state index contributed by atoms with van der Waals surface area (Å²) >= 11 is 0. The van der Waals surface area contributed by atoms with Crippen LogP contribution in [-0.4, -0.2) is 59.3 Å². The first-order valence-electron chi connectivity index (χ1n) is 9.93. The Bertz CT molecular complexity index is 890. The van der Waals surface area contributed by atoms with Crippen molar-refractivity contribution in [2.45, 2.75) is 26.3 Å². The first-order valence-corrected chi connectivity index (χ1v) is 9.93. The highest BCUT2D eigenvalue weighted by Gasteiger charge is 2.40. The molecule has 2 aliphatic heterocycles. The van der Waals surface area contributed by atoms with Crippen molar-refractivity contribution in [2.75, 3.05) is 37.6 Å². The minimum atomic E-state index is -0.359. The van der Waals surface area contributed by atoms with Gasteiger partial charge in [-0.1, -0.05) is 19.1 Å². The molecule has 28 heavy (non-hydrogen) atoms. The molecule has 1 aromatic heterocycles. The van der Waals surface area contributed by atoms with E-state index >= 15 is 0 Å². The van der Waals surface area contributed by atoms with Crippen molar-refractivity contribution >= 4 is 17.5 Å². The van der Waals surface area contributed by atoms with Crippen LogP contribution >= 0.6 is 0 Å². The van der Waals surface area contributed by atoms with Crippen LogP contribution in [0, 0.1) is 6.92 Å². The maximum atomic E-state index is 13.1. The highest BCUT2D eigenvalue weighted by molar-refractivity contribution is 6.11. The van der Waals surface area contributed by atoms with Crippen LogP contribution in [0.1, 0.15) is 41.0 Å². The largest absolute Gasteiger partial charge is 0.340 e. The van der Waals surface area contributed by atoms with Gasteiger partial charge >= 0.3 is 0 Å². The number of nitrogens with zero attached hydrogens (tertiary/aromatic N) is 4. The Hall–Kier alpha value is -2.73. The van der Waals surface area contributed by atoms with Gasteiger partial charge in [0.1, 0.15) is 0 Å². The summed E-state index contributed by atoms with van der Waals surface area (Å²) in [7, 11) is 0. The van der Waals surface area contributed by atoms with E-state index in [-0.39, 0.29) is 24.3 Å². The van der Waals surface area contributed by atoms with E-state index in [1.54, 1.807) is 23.2 Å². The van der Waals surface area contributed by atoms with Gasteiger partial charge in [0.15, 0.2) is 0 Å². The molecule has 0 N–H and O–H groups in total. The molecule has 146 valence electrons. The van der Waals surface area contributed by atoms with Crippen LogP contribution in [0.5, 0.6) is 0 Å². The molecule has 0 bridgehead atoms. The van der Waals surface area contributed by atoms with Crippen molar-refractivity contribution in [1.82, 2.24) is 14.8 Å². The fourth-order valence-corrected chi connectivity index (χ4v) is 4.13. The van der Waals surface area contributed by atoms with Crippen LogP contribution in [0.2, 0.25) is 0 Å². The van der Waals surface area contributed by atoms with Gasteiger partial charge in [-0.2, -0.15) is 0 Å². The Morgan fingerprint density at radius 3 is 2.64 bits per heavy atom. The number of carbonyl (C=O) groups is 2. The summed E-state index contributed by atoms with van der Waals surface area (Å²) in [6, 6.07) is 11.1. The zero-order valence-electron chi connectivity index (χ0n) is 16.5. The molecule has 6 nitrogen and oxygen atoms in total. The number of benzene rings is 1. The zero-order valence-corrected chi connectivity index (χ0v) is 16.5. The van der Waals surface area contributed by atoms with Crippen molar-refractivity contribution in [2.24, 2.45) is 0 Å². The number of hydrogen-bond acceptors (Lipinski definition) is 4. The molecule has 0 saturated carbocycles. The number of piperazine rings is 1. The van der Waals surface area contributed by atoms with E-state index in [4.69, 9.17) is 0 Å². The normalized spacial score (nSPS) is 19.8. The fourth-order valence-electron chi connectivity index (χ4n) is 4.13. The number of rotatable bonds is 4. The molecule has 2 aromatic rings. The van der Waals surface area contributed by atoms with E-state index in [0.717, 1.165) is 44.0 Å². The van der Waals surface area contributed by atoms with Gasteiger partial charge < -0.3 is 9.80 Å². The lowest BCUT2D eigenvalue weighted by Gasteiger charge is -2.35. The third-order valence-corrected chi connectivity index (χ3v) is 5.74. The van der Waals surface area contributed by atoms with Gasteiger partial charge in [0.2, 0.25) is 5.91 Å². The average molecular weight is 378 g/mol. The van der Waals surface area contributed by atoms with Gasteiger partial charge in [-0.3, -0.25) is 19.5 Å². The number of pyridine rings is 1. The summed E-state index contributed by atoms with van der Waals surface area (Å²) in [5, 5.41) is 0. The number of carbonyl (C=O) groups excluding carboxylic acids is 2. The van der Waals surface area contributed by atoms with Crippen LogP contribution < -0.4 is 4.90 Å². The third kappa shape index (κ3) is 3.40. The lowest BCUT2D eigenvalue weighted by molar-refractivity contribution is -0.133. The maximum Gasteiger partial charge on any atom is 0.260 e. The molecule has 0 unspecified atom stereocenters. The van der Waals surface area contributed by atoms with Crippen LogP contribution in [0.25, 0.3) is 0 Å². The smallest absolute Gasteiger partial charge is 0.260 e. The molecule has 1 saturated heterocycles. The molecule has 0 spiro atoms.